The Morgan fingerprint density at radius 3 is 2.70 bits per heavy atom. The Labute approximate surface area is 136 Å². The molecule has 23 heavy (non-hydrogen) atoms. The number of hydrogen-bond donors (Lipinski definition) is 1. The molecule has 0 spiro atoms. The molecule has 1 heterocycles. The number of hydrogen-bond acceptors (Lipinski definition) is 4. The summed E-state index contributed by atoms with van der Waals surface area (Å²) in [5.41, 5.74) is 2.99. The van der Waals surface area contributed by atoms with Crippen molar-refractivity contribution in [3.8, 4) is 5.69 Å². The second-order valence-electron chi connectivity index (χ2n) is 6.48. The predicted octanol–water partition coefficient (Wildman–Crippen LogP) is 1.75. The molecule has 0 radical (unpaired) electrons. The molecular weight excluding hydrogens is 290 g/mol. The standard InChI is InChI=1S/C17H23N5O/c1-21(2)11-15-12-22(20-19-15)16-7-5-14(6-8-16)10-18-17(23)9-13-3-4-13/h5-8,12-13H,3-4,9-11H2,1-2H3,(H,18,23). The molecule has 0 unspecified atom stereocenters. The van der Waals surface area contributed by atoms with E-state index in [1.165, 1.54) is 12.8 Å². The van der Waals surface area contributed by atoms with Gasteiger partial charge in [-0.3, -0.25) is 4.79 Å². The number of nitrogens with zero attached hydrogens (tertiary/aromatic N) is 4. The van der Waals surface area contributed by atoms with Crippen LogP contribution in [0.5, 0.6) is 0 Å². The Balaban J connectivity index is 1.55. The molecule has 0 saturated heterocycles. The second-order valence-corrected chi connectivity index (χ2v) is 6.48. The van der Waals surface area contributed by atoms with Crippen molar-refractivity contribution in [2.45, 2.75) is 32.4 Å². The van der Waals surface area contributed by atoms with Crippen LogP contribution in [0.3, 0.4) is 0 Å². The summed E-state index contributed by atoms with van der Waals surface area (Å²) in [4.78, 5) is 13.8. The van der Waals surface area contributed by atoms with Crippen molar-refractivity contribution in [3.63, 3.8) is 0 Å². The number of aromatic nitrogens is 3. The zero-order chi connectivity index (χ0) is 16.2. The van der Waals surface area contributed by atoms with Gasteiger partial charge < -0.3 is 10.2 Å². The zero-order valence-electron chi connectivity index (χ0n) is 13.7. The van der Waals surface area contributed by atoms with Gasteiger partial charge in [0.1, 0.15) is 0 Å². The van der Waals surface area contributed by atoms with Crippen LogP contribution in [0.4, 0.5) is 0 Å². The zero-order valence-corrected chi connectivity index (χ0v) is 13.7. The molecule has 0 bridgehead atoms. The van der Waals surface area contributed by atoms with Crippen molar-refractivity contribution in [1.29, 1.82) is 0 Å². The molecule has 1 saturated carbocycles. The molecule has 1 fully saturated rings. The normalized spacial score (nSPS) is 14.2. The first kappa shape index (κ1) is 15.7. The number of nitrogens with one attached hydrogen (secondary N) is 1. The van der Waals surface area contributed by atoms with E-state index >= 15 is 0 Å². The topological polar surface area (TPSA) is 63.0 Å². The molecule has 1 N–H and O–H groups in total. The molecule has 122 valence electrons. The van der Waals surface area contributed by atoms with Gasteiger partial charge >= 0.3 is 0 Å². The molecule has 6 heteroatoms. The Kier molecular flexibility index (Phi) is 4.71. The van der Waals surface area contributed by atoms with Crippen molar-refractivity contribution in [1.82, 2.24) is 25.2 Å². The largest absolute Gasteiger partial charge is 0.352 e. The molecule has 2 aromatic rings. The van der Waals surface area contributed by atoms with E-state index in [9.17, 15) is 4.79 Å². The highest BCUT2D eigenvalue weighted by atomic mass is 16.1. The van der Waals surface area contributed by atoms with Crippen LogP contribution in [0.25, 0.3) is 5.69 Å². The van der Waals surface area contributed by atoms with Gasteiger partial charge in [-0.05, 0) is 50.6 Å². The third kappa shape index (κ3) is 4.63. The molecule has 1 aliphatic carbocycles. The highest BCUT2D eigenvalue weighted by Gasteiger charge is 2.23. The third-order valence-electron chi connectivity index (χ3n) is 3.88. The number of carbonyl (C=O) groups excluding carboxylic acids is 1. The van der Waals surface area contributed by atoms with Crippen molar-refractivity contribution in [2.75, 3.05) is 14.1 Å². The lowest BCUT2D eigenvalue weighted by Crippen LogP contribution is -2.22. The summed E-state index contributed by atoms with van der Waals surface area (Å²) in [5, 5.41) is 11.3. The van der Waals surface area contributed by atoms with Gasteiger partial charge in [-0.25, -0.2) is 4.68 Å². The molecule has 6 nitrogen and oxygen atoms in total. The van der Waals surface area contributed by atoms with Crippen molar-refractivity contribution in [2.24, 2.45) is 5.92 Å². The Morgan fingerprint density at radius 2 is 2.04 bits per heavy atom. The van der Waals surface area contributed by atoms with Gasteiger partial charge in [-0.1, -0.05) is 17.3 Å². The maximum absolute atomic E-state index is 11.7. The van der Waals surface area contributed by atoms with E-state index in [2.05, 4.69) is 20.5 Å². The summed E-state index contributed by atoms with van der Waals surface area (Å²) < 4.78 is 1.77. The average molecular weight is 313 g/mol. The Morgan fingerprint density at radius 1 is 1.30 bits per heavy atom. The molecule has 1 amide bonds. The van der Waals surface area contributed by atoms with E-state index in [1.807, 2.05) is 44.6 Å². The fourth-order valence-corrected chi connectivity index (χ4v) is 2.44. The van der Waals surface area contributed by atoms with E-state index in [0.29, 0.717) is 18.9 Å². The summed E-state index contributed by atoms with van der Waals surface area (Å²) in [6, 6.07) is 8.02. The van der Waals surface area contributed by atoms with Crippen LogP contribution >= 0.6 is 0 Å². The monoisotopic (exact) mass is 313 g/mol. The number of carbonyl (C=O) groups is 1. The summed E-state index contributed by atoms with van der Waals surface area (Å²) >= 11 is 0. The maximum atomic E-state index is 11.7. The number of rotatable bonds is 7. The van der Waals surface area contributed by atoms with E-state index < -0.39 is 0 Å². The SMILES string of the molecule is CN(C)Cc1cn(-c2ccc(CNC(=O)CC3CC3)cc2)nn1. The highest BCUT2D eigenvalue weighted by Crippen LogP contribution is 2.32. The predicted molar refractivity (Wildman–Crippen MR) is 87.9 cm³/mol. The molecule has 3 rings (SSSR count). The molecule has 1 aromatic carbocycles. The van der Waals surface area contributed by atoms with Crippen LogP contribution in [0.2, 0.25) is 0 Å². The Bertz CT molecular complexity index is 658. The lowest BCUT2D eigenvalue weighted by atomic mass is 10.2. The molecule has 0 aliphatic heterocycles. The summed E-state index contributed by atoms with van der Waals surface area (Å²) in [6.07, 6.45) is 5.02. The summed E-state index contributed by atoms with van der Waals surface area (Å²) in [7, 11) is 4.01. The van der Waals surface area contributed by atoms with Crippen LogP contribution < -0.4 is 5.32 Å². The molecule has 1 aliphatic rings. The van der Waals surface area contributed by atoms with E-state index in [1.54, 1.807) is 4.68 Å². The van der Waals surface area contributed by atoms with E-state index in [-0.39, 0.29) is 5.91 Å². The molecule has 1 aromatic heterocycles. The lowest BCUT2D eigenvalue weighted by Gasteiger charge is -2.06. The minimum atomic E-state index is 0.154. The number of benzene rings is 1. The fraction of sp³-hybridized carbons (Fsp3) is 0.471. The first-order chi connectivity index (χ1) is 11.1. The Hall–Kier alpha value is -2.21. The van der Waals surface area contributed by atoms with Crippen LogP contribution in [0, 0.1) is 5.92 Å². The minimum absolute atomic E-state index is 0.154. The number of amides is 1. The van der Waals surface area contributed by atoms with Gasteiger partial charge in [-0.2, -0.15) is 0 Å². The van der Waals surface area contributed by atoms with Gasteiger partial charge in [-0.15, -0.1) is 5.10 Å². The molecule has 0 atom stereocenters. The van der Waals surface area contributed by atoms with Gasteiger partial charge in [0.05, 0.1) is 17.6 Å². The quantitative estimate of drug-likeness (QED) is 0.846. The van der Waals surface area contributed by atoms with Crippen LogP contribution in [-0.4, -0.2) is 39.9 Å². The van der Waals surface area contributed by atoms with Gasteiger partial charge in [0, 0.05) is 19.5 Å². The lowest BCUT2D eigenvalue weighted by molar-refractivity contribution is -0.121. The average Bonchev–Trinajstić information content (AvgIpc) is 3.21. The van der Waals surface area contributed by atoms with Crippen molar-refractivity contribution >= 4 is 5.91 Å². The fourth-order valence-electron chi connectivity index (χ4n) is 2.44. The van der Waals surface area contributed by atoms with Gasteiger partial charge in [0.15, 0.2) is 0 Å². The summed E-state index contributed by atoms with van der Waals surface area (Å²) in [5.74, 6) is 0.780. The second kappa shape index (κ2) is 6.91. The molecular formula is C17H23N5O. The smallest absolute Gasteiger partial charge is 0.220 e. The summed E-state index contributed by atoms with van der Waals surface area (Å²) in [6.45, 7) is 1.35. The maximum Gasteiger partial charge on any atom is 0.220 e. The van der Waals surface area contributed by atoms with E-state index in [0.717, 1.165) is 23.5 Å². The van der Waals surface area contributed by atoms with Crippen molar-refractivity contribution < 1.29 is 4.79 Å². The van der Waals surface area contributed by atoms with Crippen LogP contribution in [-0.2, 0) is 17.9 Å². The van der Waals surface area contributed by atoms with Gasteiger partial charge in [0.25, 0.3) is 0 Å². The van der Waals surface area contributed by atoms with Crippen LogP contribution in [0.15, 0.2) is 30.5 Å². The first-order valence-electron chi connectivity index (χ1n) is 8.02. The first-order valence-corrected chi connectivity index (χ1v) is 8.02. The third-order valence-corrected chi connectivity index (χ3v) is 3.88. The van der Waals surface area contributed by atoms with Gasteiger partial charge in [0.2, 0.25) is 5.91 Å². The van der Waals surface area contributed by atoms with Crippen molar-refractivity contribution in [3.05, 3.63) is 41.7 Å². The van der Waals surface area contributed by atoms with Crippen LogP contribution in [0.1, 0.15) is 30.5 Å². The minimum Gasteiger partial charge on any atom is -0.352 e. The van der Waals surface area contributed by atoms with E-state index in [4.69, 9.17) is 0 Å². The highest BCUT2D eigenvalue weighted by molar-refractivity contribution is 5.76.